The summed E-state index contributed by atoms with van der Waals surface area (Å²) in [5.74, 6) is -0.442. The molecule has 3 rings (SSSR count). The van der Waals surface area contributed by atoms with Crippen molar-refractivity contribution in [2.24, 2.45) is 7.05 Å². The van der Waals surface area contributed by atoms with E-state index in [0.717, 1.165) is 0 Å². The quantitative estimate of drug-likeness (QED) is 0.664. The van der Waals surface area contributed by atoms with Gasteiger partial charge in [-0.3, -0.25) is 9.48 Å². The van der Waals surface area contributed by atoms with E-state index < -0.39 is 0 Å². The van der Waals surface area contributed by atoms with Crippen molar-refractivity contribution in [3.8, 4) is 0 Å². The van der Waals surface area contributed by atoms with Crippen LogP contribution in [0, 0.1) is 12.7 Å². The second-order valence-corrected chi connectivity index (χ2v) is 4.40. The number of fused-ring (bicyclic) bond motifs is 1. The normalized spacial score (nSPS) is 11.1. The van der Waals surface area contributed by atoms with Gasteiger partial charge in [-0.05, 0) is 31.2 Å². The van der Waals surface area contributed by atoms with Gasteiger partial charge in [0.1, 0.15) is 17.1 Å². The topological polar surface area (TPSA) is 48.0 Å². The van der Waals surface area contributed by atoms with Crippen molar-refractivity contribution >= 4 is 16.8 Å². The van der Waals surface area contributed by atoms with Crippen molar-refractivity contribution in [1.82, 2.24) is 9.78 Å². The van der Waals surface area contributed by atoms with Gasteiger partial charge in [0.2, 0.25) is 5.78 Å². The van der Waals surface area contributed by atoms with E-state index in [1.54, 1.807) is 30.9 Å². The molecule has 5 heteroatoms. The van der Waals surface area contributed by atoms with Gasteiger partial charge in [-0.25, -0.2) is 4.39 Å². The van der Waals surface area contributed by atoms with Gasteiger partial charge >= 0.3 is 0 Å². The zero-order valence-corrected chi connectivity index (χ0v) is 10.5. The number of benzene rings is 1. The van der Waals surface area contributed by atoms with Gasteiger partial charge in [-0.1, -0.05) is 0 Å². The largest absolute Gasteiger partial charge is 0.452 e. The monoisotopic (exact) mass is 258 g/mol. The standard InChI is InChI=1S/C14H11FN2O2/c1-8-10-7-9(15)3-4-12(10)19-14(8)13(18)11-5-6-17(2)16-11/h3-7H,1-2H3. The van der Waals surface area contributed by atoms with E-state index in [9.17, 15) is 9.18 Å². The number of carbonyl (C=O) groups is 1. The molecule has 2 heterocycles. The van der Waals surface area contributed by atoms with Crippen molar-refractivity contribution in [2.75, 3.05) is 0 Å². The third-order valence-corrected chi connectivity index (χ3v) is 3.05. The maximum atomic E-state index is 13.2. The number of hydrogen-bond donors (Lipinski definition) is 0. The Balaban J connectivity index is 2.15. The van der Waals surface area contributed by atoms with Crippen LogP contribution in [0.1, 0.15) is 21.8 Å². The highest BCUT2D eigenvalue weighted by molar-refractivity contribution is 6.09. The molecule has 1 aromatic carbocycles. The highest BCUT2D eigenvalue weighted by Gasteiger charge is 2.21. The van der Waals surface area contributed by atoms with Gasteiger partial charge in [0.25, 0.3) is 0 Å². The Morgan fingerprint density at radius 2 is 2.16 bits per heavy atom. The summed E-state index contributed by atoms with van der Waals surface area (Å²) in [4.78, 5) is 12.3. The number of aromatic nitrogens is 2. The fourth-order valence-corrected chi connectivity index (χ4v) is 2.06. The molecular formula is C14H11FN2O2. The molecule has 0 atom stereocenters. The summed E-state index contributed by atoms with van der Waals surface area (Å²) in [7, 11) is 1.73. The molecule has 3 aromatic rings. The first-order valence-electron chi connectivity index (χ1n) is 5.79. The van der Waals surface area contributed by atoms with E-state index in [2.05, 4.69) is 5.10 Å². The molecule has 0 saturated heterocycles. The summed E-state index contributed by atoms with van der Waals surface area (Å²) in [6, 6.07) is 5.81. The molecule has 4 nitrogen and oxygen atoms in total. The van der Waals surface area contributed by atoms with Crippen LogP contribution in [0.5, 0.6) is 0 Å². The lowest BCUT2D eigenvalue weighted by molar-refractivity contribution is 0.100. The molecule has 0 aliphatic heterocycles. The van der Waals surface area contributed by atoms with Crippen molar-refractivity contribution in [3.63, 3.8) is 0 Å². The summed E-state index contributed by atoms with van der Waals surface area (Å²) in [5.41, 5.74) is 1.44. The van der Waals surface area contributed by atoms with Crippen LogP contribution in [0.15, 0.2) is 34.9 Å². The summed E-state index contributed by atoms with van der Waals surface area (Å²) in [6.07, 6.45) is 1.69. The van der Waals surface area contributed by atoms with Crippen molar-refractivity contribution < 1.29 is 13.6 Å². The Kier molecular flexibility index (Phi) is 2.48. The Labute approximate surface area is 108 Å². The number of rotatable bonds is 2. The maximum absolute atomic E-state index is 13.2. The molecule has 2 aromatic heterocycles. The molecule has 0 spiro atoms. The smallest absolute Gasteiger partial charge is 0.248 e. The number of ketones is 1. The summed E-state index contributed by atoms with van der Waals surface area (Å²) in [6.45, 7) is 1.74. The molecule has 0 amide bonds. The van der Waals surface area contributed by atoms with Crippen LogP contribution in [0.25, 0.3) is 11.0 Å². The van der Waals surface area contributed by atoms with Crippen LogP contribution in [-0.4, -0.2) is 15.6 Å². The zero-order chi connectivity index (χ0) is 13.6. The average molecular weight is 258 g/mol. The molecular weight excluding hydrogens is 247 g/mol. The number of halogens is 1. The van der Waals surface area contributed by atoms with Crippen molar-refractivity contribution in [3.05, 3.63) is 53.3 Å². The summed E-state index contributed by atoms with van der Waals surface area (Å²) >= 11 is 0. The lowest BCUT2D eigenvalue weighted by Gasteiger charge is -1.94. The van der Waals surface area contributed by atoms with E-state index in [4.69, 9.17) is 4.42 Å². The molecule has 0 fully saturated rings. The van der Waals surface area contributed by atoms with Gasteiger partial charge in [0, 0.05) is 24.2 Å². The number of furan rings is 1. The SMILES string of the molecule is Cc1c(C(=O)c2ccn(C)n2)oc2ccc(F)cc12. The van der Waals surface area contributed by atoms with Crippen LogP contribution in [0.2, 0.25) is 0 Å². The number of carbonyl (C=O) groups excluding carboxylic acids is 1. The van der Waals surface area contributed by atoms with Crippen molar-refractivity contribution in [2.45, 2.75) is 6.92 Å². The highest BCUT2D eigenvalue weighted by atomic mass is 19.1. The molecule has 0 radical (unpaired) electrons. The minimum atomic E-state index is -0.353. The molecule has 0 unspecified atom stereocenters. The minimum Gasteiger partial charge on any atom is -0.452 e. The van der Waals surface area contributed by atoms with Crippen LogP contribution >= 0.6 is 0 Å². The van der Waals surface area contributed by atoms with Gasteiger partial charge in [-0.15, -0.1) is 0 Å². The Morgan fingerprint density at radius 1 is 1.37 bits per heavy atom. The Hall–Kier alpha value is -2.43. The third-order valence-electron chi connectivity index (χ3n) is 3.05. The second-order valence-electron chi connectivity index (χ2n) is 4.40. The molecule has 0 saturated carbocycles. The molecule has 0 aliphatic rings. The van der Waals surface area contributed by atoms with Gasteiger partial charge in [0.05, 0.1) is 0 Å². The van der Waals surface area contributed by atoms with E-state index in [-0.39, 0.29) is 17.4 Å². The van der Waals surface area contributed by atoms with Crippen LogP contribution in [-0.2, 0) is 7.05 Å². The maximum Gasteiger partial charge on any atom is 0.248 e. The average Bonchev–Trinajstić information content (AvgIpc) is 2.94. The number of hydrogen-bond acceptors (Lipinski definition) is 3. The van der Waals surface area contributed by atoms with Gasteiger partial charge < -0.3 is 4.42 Å². The van der Waals surface area contributed by atoms with Gasteiger partial charge in [0.15, 0.2) is 5.76 Å². The first kappa shape index (κ1) is 11.6. The summed E-state index contributed by atoms with van der Waals surface area (Å²) in [5, 5.41) is 4.66. The van der Waals surface area contributed by atoms with Crippen LogP contribution in [0.3, 0.4) is 0 Å². The van der Waals surface area contributed by atoms with E-state index in [1.165, 1.54) is 18.2 Å². The molecule has 19 heavy (non-hydrogen) atoms. The first-order valence-corrected chi connectivity index (χ1v) is 5.79. The zero-order valence-electron chi connectivity index (χ0n) is 10.5. The summed E-state index contributed by atoms with van der Waals surface area (Å²) < 4.78 is 20.3. The number of aryl methyl sites for hydroxylation is 2. The van der Waals surface area contributed by atoms with Crippen LogP contribution < -0.4 is 0 Å². The van der Waals surface area contributed by atoms with Crippen LogP contribution in [0.4, 0.5) is 4.39 Å². The predicted octanol–water partition coefficient (Wildman–Crippen LogP) is 2.84. The molecule has 0 N–H and O–H groups in total. The van der Waals surface area contributed by atoms with E-state index in [0.29, 0.717) is 22.2 Å². The fraction of sp³-hybridized carbons (Fsp3) is 0.143. The Morgan fingerprint density at radius 3 is 2.84 bits per heavy atom. The lowest BCUT2D eigenvalue weighted by Crippen LogP contribution is -2.03. The number of nitrogens with zero attached hydrogens (tertiary/aromatic N) is 2. The molecule has 96 valence electrons. The minimum absolute atomic E-state index is 0.208. The lowest BCUT2D eigenvalue weighted by atomic mass is 10.1. The van der Waals surface area contributed by atoms with Crippen molar-refractivity contribution in [1.29, 1.82) is 0 Å². The molecule has 0 bridgehead atoms. The van der Waals surface area contributed by atoms with Gasteiger partial charge in [-0.2, -0.15) is 5.10 Å². The fourth-order valence-electron chi connectivity index (χ4n) is 2.06. The third kappa shape index (κ3) is 1.83. The van der Waals surface area contributed by atoms with E-state index in [1.807, 2.05) is 0 Å². The van der Waals surface area contributed by atoms with E-state index >= 15 is 0 Å². The highest BCUT2D eigenvalue weighted by Crippen LogP contribution is 2.27. The second kappa shape index (κ2) is 4.05. The predicted molar refractivity (Wildman–Crippen MR) is 67.5 cm³/mol. The molecule has 0 aliphatic carbocycles. The first-order chi connectivity index (χ1) is 9.06. The Bertz CT molecular complexity index is 786.